The maximum Gasteiger partial charge on any atom is 0.313 e. The van der Waals surface area contributed by atoms with E-state index in [0.29, 0.717) is 36.8 Å². The van der Waals surface area contributed by atoms with Gasteiger partial charge >= 0.3 is 5.97 Å². The average Bonchev–Trinajstić information content (AvgIpc) is 3.92. The number of rotatable bonds is 21. The van der Waals surface area contributed by atoms with Gasteiger partial charge in [-0.2, -0.15) is 0 Å². The van der Waals surface area contributed by atoms with Gasteiger partial charge in [0.1, 0.15) is 29.9 Å². The molecule has 8 atom stereocenters. The van der Waals surface area contributed by atoms with Crippen molar-refractivity contribution in [3.05, 3.63) is 85.5 Å². The fraction of sp³-hybridized carbons (Fsp3) is 0.512. The number of aliphatic hydroxyl groups is 1. The van der Waals surface area contributed by atoms with E-state index < -0.39 is 47.7 Å². The van der Waals surface area contributed by atoms with Crippen molar-refractivity contribution in [2.24, 2.45) is 11.8 Å². The lowest BCUT2D eigenvalue weighted by atomic mass is 9.70. The Balaban J connectivity index is 1.33. The minimum Gasteiger partial charge on any atom is -0.455 e. The number of allylic oxidation sites excluding steroid dienone is 1. The number of hydrogen-bond acceptors (Lipinski definition) is 10. The summed E-state index contributed by atoms with van der Waals surface area (Å²) in [4.78, 5) is 60.3. The predicted octanol–water partition coefficient (Wildman–Crippen LogP) is 4.09. The van der Waals surface area contributed by atoms with Gasteiger partial charge in [0, 0.05) is 38.1 Å². The van der Waals surface area contributed by atoms with Gasteiger partial charge in [-0.05, 0) is 43.4 Å². The number of nitrogens with one attached hydrogen (secondary N) is 1. The van der Waals surface area contributed by atoms with Crippen LogP contribution in [0.15, 0.2) is 79.9 Å². The van der Waals surface area contributed by atoms with Crippen LogP contribution in [0.2, 0.25) is 0 Å². The van der Waals surface area contributed by atoms with Crippen molar-refractivity contribution in [3.8, 4) is 0 Å². The van der Waals surface area contributed by atoms with Crippen molar-refractivity contribution < 1.29 is 38.5 Å². The third-order valence-electron chi connectivity index (χ3n) is 11.0. The zero-order valence-corrected chi connectivity index (χ0v) is 33.3. The van der Waals surface area contributed by atoms with Crippen molar-refractivity contribution in [2.45, 2.75) is 86.3 Å². The van der Waals surface area contributed by atoms with Gasteiger partial charge in [0.2, 0.25) is 17.7 Å². The van der Waals surface area contributed by atoms with E-state index in [1.54, 1.807) is 26.6 Å². The van der Waals surface area contributed by atoms with Gasteiger partial charge in [-0.1, -0.05) is 88.6 Å². The number of nitrogens with zero attached hydrogens (tertiary/aromatic N) is 5. The van der Waals surface area contributed by atoms with Crippen LogP contribution in [0.3, 0.4) is 0 Å². The molecule has 0 radical (unpaired) electrons. The van der Waals surface area contributed by atoms with Gasteiger partial charge < -0.3 is 34.4 Å². The summed E-state index contributed by atoms with van der Waals surface area (Å²) in [6.07, 6.45) is 5.26. The Morgan fingerprint density at radius 3 is 2.59 bits per heavy atom. The van der Waals surface area contributed by atoms with E-state index in [-0.39, 0.29) is 61.9 Å². The molecule has 2 bridgehead atoms. The number of carbonyl (C=O) groups is 4. The van der Waals surface area contributed by atoms with Crippen LogP contribution in [0.1, 0.15) is 56.6 Å². The third kappa shape index (κ3) is 8.31. The van der Waals surface area contributed by atoms with Crippen LogP contribution < -0.4 is 5.32 Å². The highest BCUT2D eigenvalue weighted by Crippen LogP contribution is 2.60. The minimum atomic E-state index is -1.33. The zero-order chi connectivity index (χ0) is 39.8. The molecule has 3 aromatic rings. The number of aliphatic hydroxyl groups excluding tert-OH is 1. The summed E-state index contributed by atoms with van der Waals surface area (Å²) in [6.45, 7) is 8.19. The lowest BCUT2D eigenvalue weighted by molar-refractivity contribution is -0.163. The summed E-state index contributed by atoms with van der Waals surface area (Å²) in [5.74, 6) is -3.67. The van der Waals surface area contributed by atoms with Crippen molar-refractivity contribution in [2.75, 3.05) is 33.4 Å². The van der Waals surface area contributed by atoms with Crippen LogP contribution in [0.4, 0.5) is 0 Å². The van der Waals surface area contributed by atoms with Crippen molar-refractivity contribution in [3.63, 3.8) is 0 Å². The van der Waals surface area contributed by atoms with Gasteiger partial charge in [-0.15, -0.1) is 18.3 Å². The van der Waals surface area contributed by atoms with Crippen LogP contribution in [-0.2, 0) is 40.1 Å². The number of benzene rings is 2. The Bertz CT molecular complexity index is 1880. The number of fused-ring (bicyclic) bond motifs is 2. The molecule has 1 spiro atoms. The van der Waals surface area contributed by atoms with Crippen molar-refractivity contribution in [1.29, 1.82) is 0 Å². The number of aromatic nitrogens is 3. The number of unbranched alkanes of at least 4 members (excludes halogenated alkanes) is 3. The fourth-order valence-electron chi connectivity index (χ4n) is 8.52. The Kier molecular flexibility index (Phi) is 13.7. The lowest BCUT2D eigenvalue weighted by Gasteiger charge is -2.37. The first-order valence-corrected chi connectivity index (χ1v) is 20.2. The van der Waals surface area contributed by atoms with Crippen molar-refractivity contribution >= 4 is 50.7 Å². The number of carbonyl (C=O) groups excluding carboxylic acids is 4. The molecule has 14 nitrogen and oxygen atoms in total. The molecule has 0 aliphatic carbocycles. The summed E-state index contributed by atoms with van der Waals surface area (Å²) in [6, 6.07) is 14.7. The smallest absolute Gasteiger partial charge is 0.313 e. The SMILES string of the molecule is C=CCCC(=O)N[C@H](COC)[C@H](OC(=O)[C@H]1[C@@H]2O[C@@]3(CC2Br)[C@@H]1C(=O)N(CCCCCCO)[C@@H]3C(=O)N(CC=C)Cn1nnc2ccccc21)c1ccccc1. The largest absolute Gasteiger partial charge is 0.455 e. The van der Waals surface area contributed by atoms with E-state index in [4.69, 9.17) is 14.2 Å². The monoisotopic (exact) mass is 834 g/mol. The van der Waals surface area contributed by atoms with Crippen LogP contribution >= 0.6 is 15.9 Å². The Morgan fingerprint density at radius 2 is 1.86 bits per heavy atom. The highest BCUT2D eigenvalue weighted by atomic mass is 79.9. The first-order valence-electron chi connectivity index (χ1n) is 19.2. The number of halogens is 1. The molecular weight excluding hydrogens is 784 g/mol. The third-order valence-corrected chi connectivity index (χ3v) is 11.8. The Morgan fingerprint density at radius 1 is 1.11 bits per heavy atom. The summed E-state index contributed by atoms with van der Waals surface area (Å²) in [5, 5.41) is 20.9. The fourth-order valence-corrected chi connectivity index (χ4v) is 9.46. The first kappa shape index (κ1) is 41.2. The number of ether oxygens (including phenoxy) is 3. The maximum absolute atomic E-state index is 15.0. The minimum absolute atomic E-state index is 0.0471. The number of para-hydroxylation sites is 1. The normalized spacial score (nSPS) is 24.8. The second-order valence-electron chi connectivity index (χ2n) is 14.6. The topological polar surface area (TPSA) is 165 Å². The molecule has 3 fully saturated rings. The standard InChI is InChI=1S/C41H51BrN6O8/c1-4-6-20-32(50)43-30(25-54-3)35(27-16-10-9-11-17-27)55-40(53)33-34-38(51)47(22-14-7-8-15-23-49)37(41(34)24-28(42)36(33)56-41)39(52)46(21-5-2)26-48-31-19-13-12-18-29(31)44-45-48/h4-5,9-13,16-19,28,30,33-37,49H,1-2,6-8,14-15,20-26H2,3H3,(H,43,50)/t28?,30-,33-,34+,35-,36-,37-,41+/m1/s1. The van der Waals surface area contributed by atoms with E-state index in [9.17, 15) is 19.5 Å². The maximum atomic E-state index is 15.0. The molecule has 3 aliphatic rings. The van der Waals surface area contributed by atoms with Gasteiger partial charge in [0.25, 0.3) is 0 Å². The van der Waals surface area contributed by atoms with Gasteiger partial charge in [0.05, 0.1) is 36.1 Å². The number of esters is 1. The molecule has 3 amide bonds. The molecule has 15 heteroatoms. The van der Waals surface area contributed by atoms with Gasteiger partial charge in [0.15, 0.2) is 0 Å². The molecule has 4 heterocycles. The molecule has 6 rings (SSSR count). The number of likely N-dealkylation sites (tertiary alicyclic amines) is 1. The van der Waals surface area contributed by atoms with E-state index in [0.717, 1.165) is 18.4 Å². The van der Waals surface area contributed by atoms with E-state index in [1.807, 2.05) is 54.6 Å². The molecule has 0 saturated carbocycles. The molecule has 300 valence electrons. The molecule has 3 saturated heterocycles. The van der Waals surface area contributed by atoms with E-state index in [2.05, 4.69) is 44.7 Å². The van der Waals surface area contributed by atoms with Crippen molar-refractivity contribution in [1.82, 2.24) is 30.1 Å². The van der Waals surface area contributed by atoms with E-state index in [1.165, 1.54) is 7.11 Å². The first-order chi connectivity index (χ1) is 27.2. The summed E-state index contributed by atoms with van der Waals surface area (Å²) < 4.78 is 20.3. The Hall–Kier alpha value is -4.44. The summed E-state index contributed by atoms with van der Waals surface area (Å²) in [5.41, 5.74) is 0.722. The number of amides is 3. The summed E-state index contributed by atoms with van der Waals surface area (Å²) >= 11 is 3.76. The predicted molar refractivity (Wildman–Crippen MR) is 211 cm³/mol. The van der Waals surface area contributed by atoms with Crippen LogP contribution in [0.25, 0.3) is 11.0 Å². The van der Waals surface area contributed by atoms with Crippen LogP contribution in [-0.4, -0.2) is 116 Å². The van der Waals surface area contributed by atoms with Gasteiger partial charge in [-0.25, -0.2) is 4.68 Å². The van der Waals surface area contributed by atoms with E-state index >= 15 is 4.79 Å². The highest BCUT2D eigenvalue weighted by molar-refractivity contribution is 9.09. The second-order valence-corrected chi connectivity index (χ2v) is 15.8. The quantitative estimate of drug-likeness (QED) is 0.0692. The summed E-state index contributed by atoms with van der Waals surface area (Å²) in [7, 11) is 1.50. The second kappa shape index (κ2) is 18.7. The molecule has 2 N–H and O–H groups in total. The lowest BCUT2D eigenvalue weighted by Crippen LogP contribution is -2.57. The molecular formula is C41H51BrN6O8. The van der Waals surface area contributed by atoms with Crippen LogP contribution in [0.5, 0.6) is 0 Å². The molecule has 1 aromatic heterocycles. The zero-order valence-electron chi connectivity index (χ0n) is 31.7. The molecule has 2 aromatic carbocycles. The average molecular weight is 836 g/mol. The molecule has 56 heavy (non-hydrogen) atoms. The Labute approximate surface area is 335 Å². The number of methoxy groups -OCH3 is 1. The molecule has 3 aliphatic heterocycles. The highest BCUT2D eigenvalue weighted by Gasteiger charge is 2.77. The number of alkyl halides is 1. The van der Waals surface area contributed by atoms with Crippen LogP contribution in [0, 0.1) is 11.8 Å². The molecule has 1 unspecified atom stereocenters. The van der Waals surface area contributed by atoms with Gasteiger partial charge in [-0.3, -0.25) is 19.2 Å². The number of hydrogen-bond donors (Lipinski definition) is 2.